The Morgan fingerprint density at radius 3 is 2.57 bits per heavy atom. The van der Waals surface area contributed by atoms with Crippen LogP contribution in [0.25, 0.3) is 0 Å². The van der Waals surface area contributed by atoms with Crippen LogP contribution in [0.4, 0.5) is 13.2 Å². The third-order valence-electron chi connectivity index (χ3n) is 1.77. The Bertz CT molecular complexity index is 297. The average molecular weight is 288 g/mol. The molecule has 0 spiro atoms. The first kappa shape index (κ1) is 12.0. The maximum absolute atomic E-state index is 12.3. The normalized spacial score (nSPS) is 14.4. The Balaban J connectivity index is 2.66. The summed E-state index contributed by atoms with van der Waals surface area (Å²) < 4.78 is 37.9. The highest BCUT2D eigenvalue weighted by atomic mass is 79.9. The first-order valence-electron chi connectivity index (χ1n) is 3.90. The van der Waals surface area contributed by atoms with Gasteiger partial charge in [-0.3, -0.25) is 0 Å². The number of halogens is 4. The zero-order valence-corrected chi connectivity index (χ0v) is 9.76. The van der Waals surface area contributed by atoms with Gasteiger partial charge in [-0.05, 0) is 29.0 Å². The van der Waals surface area contributed by atoms with Gasteiger partial charge in [-0.2, -0.15) is 13.2 Å². The summed E-state index contributed by atoms with van der Waals surface area (Å²) in [4.78, 5) is 0.716. The fourth-order valence-electron chi connectivity index (χ4n) is 1.04. The molecule has 1 aromatic heterocycles. The van der Waals surface area contributed by atoms with Gasteiger partial charge in [0.15, 0.2) is 0 Å². The summed E-state index contributed by atoms with van der Waals surface area (Å²) in [6.07, 6.45) is -4.21. The molecular formula is C8H9BrF3NS. The molecule has 80 valence electrons. The number of hydrogen-bond donors (Lipinski definition) is 1. The minimum Gasteiger partial charge on any atom is -0.309 e. The summed E-state index contributed by atoms with van der Waals surface area (Å²) in [5.41, 5.74) is 0. The first-order valence-corrected chi connectivity index (χ1v) is 5.57. The van der Waals surface area contributed by atoms with Gasteiger partial charge in [0.1, 0.15) is 6.04 Å². The molecule has 6 heteroatoms. The van der Waals surface area contributed by atoms with Crippen LogP contribution in [0.15, 0.2) is 15.9 Å². The predicted molar refractivity (Wildman–Crippen MR) is 54.6 cm³/mol. The van der Waals surface area contributed by atoms with Gasteiger partial charge in [-0.15, -0.1) is 11.3 Å². The second kappa shape index (κ2) is 4.63. The molecule has 14 heavy (non-hydrogen) atoms. The number of alkyl halides is 3. The summed E-state index contributed by atoms with van der Waals surface area (Å²) in [5, 5.41) is 4.04. The van der Waals surface area contributed by atoms with Gasteiger partial charge in [0.05, 0.1) is 0 Å². The van der Waals surface area contributed by atoms with Crippen LogP contribution >= 0.6 is 27.3 Å². The highest BCUT2D eigenvalue weighted by Crippen LogP contribution is 2.26. The number of thiophene rings is 1. The Morgan fingerprint density at radius 2 is 2.21 bits per heavy atom. The molecule has 0 saturated carbocycles. The highest BCUT2D eigenvalue weighted by molar-refractivity contribution is 9.10. The Hall–Kier alpha value is -0.0700. The van der Waals surface area contributed by atoms with Crippen LogP contribution < -0.4 is 5.32 Å². The van der Waals surface area contributed by atoms with Crippen molar-refractivity contribution in [3.05, 3.63) is 20.8 Å². The highest BCUT2D eigenvalue weighted by Gasteiger charge is 2.38. The lowest BCUT2D eigenvalue weighted by atomic mass is 10.2. The zero-order valence-electron chi connectivity index (χ0n) is 7.36. The standard InChI is InChI=1S/C8H9BrF3NS/c1-13-7(8(10,11)12)3-6-2-5(9)4-14-6/h2,4,7,13H,3H2,1H3. The largest absolute Gasteiger partial charge is 0.404 e. The van der Waals surface area contributed by atoms with Crippen LogP contribution in [0.2, 0.25) is 0 Å². The summed E-state index contributed by atoms with van der Waals surface area (Å²) in [6, 6.07) is 0.244. The van der Waals surface area contributed by atoms with Crippen molar-refractivity contribution in [2.45, 2.75) is 18.6 Å². The lowest BCUT2D eigenvalue weighted by Gasteiger charge is -2.18. The van der Waals surface area contributed by atoms with Crippen molar-refractivity contribution in [1.29, 1.82) is 0 Å². The molecule has 0 aliphatic rings. The molecule has 1 nitrogen and oxygen atoms in total. The predicted octanol–water partition coefficient (Wildman–Crippen LogP) is 3.20. The minimum absolute atomic E-state index is 0.0176. The van der Waals surface area contributed by atoms with E-state index in [4.69, 9.17) is 0 Å². The van der Waals surface area contributed by atoms with Crippen LogP contribution in [-0.2, 0) is 6.42 Å². The summed E-state index contributed by atoms with van der Waals surface area (Å²) in [7, 11) is 1.32. The zero-order chi connectivity index (χ0) is 10.8. The van der Waals surface area contributed by atoms with Gasteiger partial charge in [-0.25, -0.2) is 0 Å². The molecule has 1 rings (SSSR count). The fourth-order valence-corrected chi connectivity index (χ4v) is 2.54. The van der Waals surface area contributed by atoms with Crippen LogP contribution in [0, 0.1) is 0 Å². The van der Waals surface area contributed by atoms with Crippen molar-refractivity contribution in [3.8, 4) is 0 Å². The maximum atomic E-state index is 12.3. The lowest BCUT2D eigenvalue weighted by Crippen LogP contribution is -2.41. The Morgan fingerprint density at radius 1 is 1.57 bits per heavy atom. The smallest absolute Gasteiger partial charge is 0.309 e. The molecule has 0 radical (unpaired) electrons. The molecule has 1 N–H and O–H groups in total. The molecule has 1 heterocycles. The van der Waals surface area contributed by atoms with Crippen molar-refractivity contribution in [2.24, 2.45) is 0 Å². The molecule has 0 amide bonds. The number of nitrogens with one attached hydrogen (secondary N) is 1. The van der Waals surface area contributed by atoms with Crippen molar-refractivity contribution in [3.63, 3.8) is 0 Å². The molecule has 0 saturated heterocycles. The van der Waals surface area contributed by atoms with Gasteiger partial charge in [0, 0.05) is 21.2 Å². The SMILES string of the molecule is CNC(Cc1cc(Br)cs1)C(F)(F)F. The Labute approximate surface area is 92.4 Å². The van der Waals surface area contributed by atoms with Gasteiger partial charge in [0.2, 0.25) is 0 Å². The quantitative estimate of drug-likeness (QED) is 0.900. The van der Waals surface area contributed by atoms with E-state index in [-0.39, 0.29) is 6.42 Å². The molecule has 0 fully saturated rings. The van der Waals surface area contributed by atoms with E-state index in [0.717, 1.165) is 4.47 Å². The molecule has 0 bridgehead atoms. The van der Waals surface area contributed by atoms with Gasteiger partial charge < -0.3 is 5.32 Å². The van der Waals surface area contributed by atoms with E-state index in [1.165, 1.54) is 18.4 Å². The number of likely N-dealkylation sites (N-methyl/N-ethyl adjacent to an activating group) is 1. The second-order valence-electron chi connectivity index (χ2n) is 2.82. The van der Waals surface area contributed by atoms with E-state index in [9.17, 15) is 13.2 Å². The summed E-state index contributed by atoms with van der Waals surface area (Å²) >= 11 is 4.53. The van der Waals surface area contributed by atoms with Crippen LogP contribution in [0.3, 0.4) is 0 Å². The van der Waals surface area contributed by atoms with E-state index < -0.39 is 12.2 Å². The van der Waals surface area contributed by atoms with E-state index in [0.29, 0.717) is 4.88 Å². The van der Waals surface area contributed by atoms with E-state index in [1.54, 1.807) is 11.4 Å². The lowest BCUT2D eigenvalue weighted by molar-refractivity contribution is -0.154. The summed E-state index contributed by atoms with van der Waals surface area (Å²) in [5.74, 6) is 0. The van der Waals surface area contributed by atoms with E-state index in [2.05, 4.69) is 21.2 Å². The van der Waals surface area contributed by atoms with Gasteiger partial charge >= 0.3 is 6.18 Å². The molecule has 0 aliphatic heterocycles. The molecule has 1 atom stereocenters. The summed E-state index contributed by atoms with van der Waals surface area (Å²) in [6.45, 7) is 0. The molecule has 0 aliphatic carbocycles. The average Bonchev–Trinajstić information content (AvgIpc) is 2.45. The third-order valence-corrected chi connectivity index (χ3v) is 3.49. The van der Waals surface area contributed by atoms with Gasteiger partial charge in [-0.1, -0.05) is 0 Å². The topological polar surface area (TPSA) is 12.0 Å². The van der Waals surface area contributed by atoms with Crippen molar-refractivity contribution in [1.82, 2.24) is 5.32 Å². The maximum Gasteiger partial charge on any atom is 0.404 e. The number of rotatable bonds is 3. The molecule has 0 aromatic carbocycles. The van der Waals surface area contributed by atoms with E-state index in [1.807, 2.05) is 0 Å². The second-order valence-corrected chi connectivity index (χ2v) is 4.73. The van der Waals surface area contributed by atoms with Crippen molar-refractivity contribution >= 4 is 27.3 Å². The molecule has 1 aromatic rings. The van der Waals surface area contributed by atoms with Crippen LogP contribution in [0.5, 0.6) is 0 Å². The molecule has 1 unspecified atom stereocenters. The van der Waals surface area contributed by atoms with Crippen molar-refractivity contribution < 1.29 is 13.2 Å². The number of hydrogen-bond acceptors (Lipinski definition) is 2. The fraction of sp³-hybridized carbons (Fsp3) is 0.500. The van der Waals surface area contributed by atoms with Crippen LogP contribution in [0.1, 0.15) is 4.88 Å². The Kier molecular flexibility index (Phi) is 3.97. The monoisotopic (exact) mass is 287 g/mol. The third kappa shape index (κ3) is 3.25. The minimum atomic E-state index is -4.19. The first-order chi connectivity index (χ1) is 6.43. The van der Waals surface area contributed by atoms with Gasteiger partial charge in [0.25, 0.3) is 0 Å². The van der Waals surface area contributed by atoms with E-state index >= 15 is 0 Å². The van der Waals surface area contributed by atoms with Crippen molar-refractivity contribution in [2.75, 3.05) is 7.05 Å². The molecular weight excluding hydrogens is 279 g/mol. The van der Waals surface area contributed by atoms with Crippen LogP contribution in [-0.4, -0.2) is 19.3 Å².